The van der Waals surface area contributed by atoms with Crippen LogP contribution in [0.5, 0.6) is 0 Å². The van der Waals surface area contributed by atoms with Gasteiger partial charge in [0.15, 0.2) is 5.76 Å². The van der Waals surface area contributed by atoms with Crippen molar-refractivity contribution in [3.8, 4) is 0 Å². The van der Waals surface area contributed by atoms with E-state index in [0.717, 1.165) is 25.7 Å². The zero-order valence-electron chi connectivity index (χ0n) is 11.6. The summed E-state index contributed by atoms with van der Waals surface area (Å²) in [4.78, 5) is 12.1. The van der Waals surface area contributed by atoms with Crippen LogP contribution >= 0.6 is 11.8 Å². The molecule has 0 radical (unpaired) electrons. The number of aliphatic hydroxyl groups excluding tert-OH is 1. The Labute approximate surface area is 126 Å². The lowest BCUT2D eigenvalue weighted by molar-refractivity contribution is 0.0844. The molecule has 0 aliphatic heterocycles. The van der Waals surface area contributed by atoms with Gasteiger partial charge in [-0.2, -0.15) is 8.78 Å². The van der Waals surface area contributed by atoms with Crippen LogP contribution in [0.15, 0.2) is 16.5 Å². The number of rotatable bonds is 6. The van der Waals surface area contributed by atoms with Crippen molar-refractivity contribution in [2.24, 2.45) is 5.92 Å². The molecule has 1 saturated carbocycles. The van der Waals surface area contributed by atoms with Gasteiger partial charge in [0.1, 0.15) is 5.76 Å². The van der Waals surface area contributed by atoms with Gasteiger partial charge < -0.3 is 14.8 Å². The monoisotopic (exact) mass is 319 g/mol. The standard InChI is InChI=1S/C14H19F2NO3S/c15-14(16)21-8-10-5-6-12(20-10)13(19)17-11-4-2-1-3-9(11)7-18/h5-6,9,11,14,18H,1-4,7-8H2,(H,17,19). The van der Waals surface area contributed by atoms with E-state index < -0.39 is 5.76 Å². The molecule has 0 bridgehead atoms. The summed E-state index contributed by atoms with van der Waals surface area (Å²) in [7, 11) is 0. The zero-order valence-corrected chi connectivity index (χ0v) is 12.4. The Hall–Kier alpha value is -1.08. The van der Waals surface area contributed by atoms with Gasteiger partial charge in [0.25, 0.3) is 11.7 Å². The molecule has 2 unspecified atom stereocenters. The second-order valence-corrected chi connectivity index (χ2v) is 6.12. The fourth-order valence-electron chi connectivity index (χ4n) is 2.58. The van der Waals surface area contributed by atoms with Gasteiger partial charge in [-0.05, 0) is 25.0 Å². The Morgan fingerprint density at radius 2 is 2.19 bits per heavy atom. The van der Waals surface area contributed by atoms with E-state index in [-0.39, 0.29) is 36.0 Å². The number of alkyl halides is 2. The second-order valence-electron chi connectivity index (χ2n) is 5.14. The number of amides is 1. The van der Waals surface area contributed by atoms with Crippen LogP contribution in [0.3, 0.4) is 0 Å². The molecular formula is C14H19F2NO3S. The molecule has 2 N–H and O–H groups in total. The van der Waals surface area contributed by atoms with Gasteiger partial charge in [-0.1, -0.05) is 24.6 Å². The minimum atomic E-state index is -2.46. The van der Waals surface area contributed by atoms with Crippen molar-refractivity contribution in [3.05, 3.63) is 23.7 Å². The third-order valence-electron chi connectivity index (χ3n) is 3.70. The lowest BCUT2D eigenvalue weighted by Gasteiger charge is -2.30. The fraction of sp³-hybridized carbons (Fsp3) is 0.643. The molecule has 0 spiro atoms. The number of halogens is 2. The number of carbonyl (C=O) groups excluding carboxylic acids is 1. The van der Waals surface area contributed by atoms with Crippen LogP contribution < -0.4 is 5.32 Å². The van der Waals surface area contributed by atoms with Gasteiger partial charge in [-0.25, -0.2) is 0 Å². The third kappa shape index (κ3) is 4.71. The van der Waals surface area contributed by atoms with Crippen LogP contribution in [0, 0.1) is 5.92 Å². The second kappa shape index (κ2) is 7.79. The Morgan fingerprint density at radius 3 is 2.90 bits per heavy atom. The molecule has 1 aliphatic carbocycles. The Morgan fingerprint density at radius 1 is 1.43 bits per heavy atom. The molecule has 1 amide bonds. The van der Waals surface area contributed by atoms with E-state index in [0.29, 0.717) is 17.5 Å². The van der Waals surface area contributed by atoms with Crippen molar-refractivity contribution in [1.82, 2.24) is 5.32 Å². The molecule has 2 rings (SSSR count). The van der Waals surface area contributed by atoms with Crippen molar-refractivity contribution >= 4 is 17.7 Å². The summed E-state index contributed by atoms with van der Waals surface area (Å²) in [5.41, 5.74) is 0. The Kier molecular flexibility index (Phi) is 6.05. The Bertz CT molecular complexity index is 467. The van der Waals surface area contributed by atoms with Crippen LogP contribution in [0.2, 0.25) is 0 Å². The third-order valence-corrected chi connectivity index (χ3v) is 4.40. The molecule has 7 heteroatoms. The zero-order chi connectivity index (χ0) is 15.2. The molecule has 118 valence electrons. The smallest absolute Gasteiger partial charge is 0.287 e. The van der Waals surface area contributed by atoms with Crippen molar-refractivity contribution in [3.63, 3.8) is 0 Å². The highest BCUT2D eigenvalue weighted by Crippen LogP contribution is 2.25. The van der Waals surface area contributed by atoms with E-state index in [9.17, 15) is 18.7 Å². The first kappa shape index (κ1) is 16.3. The van der Waals surface area contributed by atoms with Gasteiger partial charge in [0, 0.05) is 18.6 Å². The summed E-state index contributed by atoms with van der Waals surface area (Å²) in [6, 6.07) is 2.97. The Balaban J connectivity index is 1.90. The average molecular weight is 319 g/mol. The molecule has 4 nitrogen and oxygen atoms in total. The minimum absolute atomic E-state index is 0.0354. The predicted molar refractivity (Wildman–Crippen MR) is 76.3 cm³/mol. The predicted octanol–water partition coefficient (Wildman–Crippen LogP) is 3.02. The van der Waals surface area contributed by atoms with Gasteiger partial charge >= 0.3 is 0 Å². The topological polar surface area (TPSA) is 62.5 Å². The number of carbonyl (C=O) groups is 1. The minimum Gasteiger partial charge on any atom is -0.455 e. The van der Waals surface area contributed by atoms with Crippen molar-refractivity contribution in [2.75, 3.05) is 6.61 Å². The largest absolute Gasteiger partial charge is 0.455 e. The van der Waals surface area contributed by atoms with Crippen LogP contribution in [-0.2, 0) is 5.75 Å². The van der Waals surface area contributed by atoms with E-state index in [1.54, 1.807) is 0 Å². The van der Waals surface area contributed by atoms with Crippen LogP contribution in [0.1, 0.15) is 42.0 Å². The summed E-state index contributed by atoms with van der Waals surface area (Å²) in [6.45, 7) is 0.0549. The quantitative estimate of drug-likeness (QED) is 0.846. The molecule has 1 heterocycles. The highest BCUT2D eigenvalue weighted by Gasteiger charge is 2.27. The van der Waals surface area contributed by atoms with Crippen molar-refractivity contribution < 1.29 is 23.1 Å². The van der Waals surface area contributed by atoms with Crippen LogP contribution in [-0.4, -0.2) is 29.4 Å². The van der Waals surface area contributed by atoms with Gasteiger partial charge in [0.2, 0.25) is 0 Å². The molecule has 0 saturated heterocycles. The number of hydrogen-bond acceptors (Lipinski definition) is 4. The molecule has 1 aromatic rings. The van der Waals surface area contributed by atoms with E-state index in [1.807, 2.05) is 0 Å². The molecule has 1 fully saturated rings. The molecule has 1 aromatic heterocycles. The first-order chi connectivity index (χ1) is 10.1. The lowest BCUT2D eigenvalue weighted by atomic mass is 9.85. The molecular weight excluding hydrogens is 300 g/mol. The van der Waals surface area contributed by atoms with E-state index >= 15 is 0 Å². The maximum Gasteiger partial charge on any atom is 0.287 e. The first-order valence-corrected chi connectivity index (χ1v) is 8.05. The van der Waals surface area contributed by atoms with Crippen molar-refractivity contribution in [2.45, 2.75) is 43.2 Å². The van der Waals surface area contributed by atoms with Crippen LogP contribution in [0.25, 0.3) is 0 Å². The van der Waals surface area contributed by atoms with Gasteiger partial charge in [0.05, 0.1) is 5.75 Å². The summed E-state index contributed by atoms with van der Waals surface area (Å²) in [5.74, 6) is -2.22. The summed E-state index contributed by atoms with van der Waals surface area (Å²) < 4.78 is 29.5. The first-order valence-electron chi connectivity index (χ1n) is 7.00. The number of nitrogens with one attached hydrogen (secondary N) is 1. The number of aliphatic hydroxyl groups is 1. The SMILES string of the molecule is O=C(NC1CCCCC1CO)c1ccc(CSC(F)F)o1. The van der Waals surface area contributed by atoms with Crippen molar-refractivity contribution in [1.29, 1.82) is 0 Å². The summed E-state index contributed by atoms with van der Waals surface area (Å²) in [5, 5.41) is 12.2. The average Bonchev–Trinajstić information content (AvgIpc) is 2.94. The van der Waals surface area contributed by atoms with E-state index in [1.165, 1.54) is 12.1 Å². The van der Waals surface area contributed by atoms with Crippen LogP contribution in [0.4, 0.5) is 8.78 Å². The normalized spacial score (nSPS) is 22.5. The molecule has 2 atom stereocenters. The summed E-state index contributed by atoms with van der Waals surface area (Å²) >= 11 is 0.457. The summed E-state index contributed by atoms with van der Waals surface area (Å²) in [6.07, 6.45) is 3.82. The van der Waals surface area contributed by atoms with E-state index in [2.05, 4.69) is 5.32 Å². The highest BCUT2D eigenvalue weighted by atomic mass is 32.2. The number of hydrogen-bond donors (Lipinski definition) is 2. The molecule has 21 heavy (non-hydrogen) atoms. The number of thioether (sulfide) groups is 1. The highest BCUT2D eigenvalue weighted by molar-refractivity contribution is 7.98. The van der Waals surface area contributed by atoms with Gasteiger partial charge in [-0.3, -0.25) is 4.79 Å². The molecule has 1 aliphatic rings. The van der Waals surface area contributed by atoms with E-state index in [4.69, 9.17) is 4.42 Å². The molecule has 0 aromatic carbocycles. The van der Waals surface area contributed by atoms with Gasteiger partial charge in [-0.15, -0.1) is 0 Å². The maximum absolute atomic E-state index is 12.1. The lowest BCUT2D eigenvalue weighted by Crippen LogP contribution is -2.43. The fourth-order valence-corrected chi connectivity index (χ4v) is 3.02. The number of furan rings is 1. The maximum atomic E-state index is 12.1.